The van der Waals surface area contributed by atoms with Crippen LogP contribution in [-0.2, 0) is 51.3 Å². The van der Waals surface area contributed by atoms with Crippen molar-refractivity contribution in [3.05, 3.63) is 117 Å². The number of ether oxygens (including phenoxy) is 2. The molecule has 8 rings (SSSR count). The van der Waals surface area contributed by atoms with Crippen molar-refractivity contribution in [1.82, 2.24) is 24.3 Å². The highest BCUT2D eigenvalue weighted by Crippen LogP contribution is 2.40. The highest BCUT2D eigenvalue weighted by atomic mass is 32.2. The molecule has 1 saturated heterocycles. The normalized spacial score (nSPS) is 18.7. The summed E-state index contributed by atoms with van der Waals surface area (Å²) in [6, 6.07) is 20.2. The number of piperazine rings is 1. The number of sulfonamides is 1. The fourth-order valence-electron chi connectivity index (χ4n) is 7.50. The van der Waals surface area contributed by atoms with Gasteiger partial charge in [-0.05, 0) is 53.9 Å². The lowest BCUT2D eigenvalue weighted by molar-refractivity contribution is -0.172. The number of amidine groups is 1. The van der Waals surface area contributed by atoms with Crippen molar-refractivity contribution in [2.45, 2.75) is 50.0 Å². The van der Waals surface area contributed by atoms with Crippen molar-refractivity contribution in [1.29, 1.82) is 0 Å². The molecule has 0 radical (unpaired) electrons. The summed E-state index contributed by atoms with van der Waals surface area (Å²) in [5.74, 6) is 0.397. The molecule has 5 aromatic rings. The minimum atomic E-state index is -4.01. The van der Waals surface area contributed by atoms with Crippen LogP contribution in [0.1, 0.15) is 41.2 Å². The molecule has 1 atom stereocenters. The lowest BCUT2D eigenvalue weighted by Crippen LogP contribution is -2.49. The Kier molecular flexibility index (Phi) is 8.83. The number of pyridine rings is 3. The third kappa shape index (κ3) is 6.15. The van der Waals surface area contributed by atoms with E-state index < -0.39 is 21.6 Å². The van der Waals surface area contributed by atoms with Gasteiger partial charge in [0.25, 0.3) is 15.6 Å². The van der Waals surface area contributed by atoms with Crippen LogP contribution in [0.4, 0.5) is 0 Å². The predicted molar refractivity (Wildman–Crippen MR) is 197 cm³/mol. The summed E-state index contributed by atoms with van der Waals surface area (Å²) >= 11 is 0. The van der Waals surface area contributed by atoms with Gasteiger partial charge < -0.3 is 24.0 Å². The summed E-state index contributed by atoms with van der Waals surface area (Å²) in [7, 11) is -2.42. The molecule has 1 N–H and O–H groups in total. The number of hydrogen-bond donors (Lipinski definition) is 1. The van der Waals surface area contributed by atoms with E-state index in [1.807, 2.05) is 53.4 Å². The van der Waals surface area contributed by atoms with Crippen molar-refractivity contribution < 1.29 is 27.8 Å². The molecule has 3 aliphatic rings. The summed E-state index contributed by atoms with van der Waals surface area (Å²) in [6.07, 6.45) is 3.21. The van der Waals surface area contributed by atoms with Crippen LogP contribution in [0.2, 0.25) is 0 Å². The minimum absolute atomic E-state index is 0.0312. The molecule has 0 bridgehead atoms. The van der Waals surface area contributed by atoms with E-state index in [4.69, 9.17) is 14.5 Å². The van der Waals surface area contributed by atoms with Gasteiger partial charge >= 0.3 is 5.97 Å². The fraction of sp³-hybridized carbons (Fsp3) is 0.308. The van der Waals surface area contributed by atoms with Crippen LogP contribution in [0.3, 0.4) is 0 Å². The molecule has 13 nitrogen and oxygen atoms in total. The van der Waals surface area contributed by atoms with Gasteiger partial charge in [0.15, 0.2) is 5.60 Å². The molecule has 3 aliphatic heterocycles. The maximum atomic E-state index is 13.9. The SMILES string of the molecule is CC[C@@]1(O)C(=O)OCc2c1cc1n(c2=O)Cc2c-1nc1ccccc1c2CN1CCN(/C(Cc2ccc(OC)cc2)=N\S(=O)(=O)c2cccnc2)CC1. The molecule has 0 amide bonds. The Morgan fingerprint density at radius 2 is 1.79 bits per heavy atom. The third-order valence-electron chi connectivity index (χ3n) is 10.5. The van der Waals surface area contributed by atoms with Gasteiger partial charge in [-0.3, -0.25) is 14.7 Å². The quantitative estimate of drug-likeness (QED) is 0.138. The van der Waals surface area contributed by atoms with Crippen LogP contribution in [0, 0.1) is 0 Å². The summed E-state index contributed by atoms with van der Waals surface area (Å²) in [5.41, 5.74) is 3.22. The maximum absolute atomic E-state index is 13.9. The number of cyclic esters (lactones) is 1. The zero-order valence-corrected chi connectivity index (χ0v) is 30.2. The number of carbonyl (C=O) groups excluding carboxylic acids is 1. The summed E-state index contributed by atoms with van der Waals surface area (Å²) in [4.78, 5) is 39.9. The number of benzene rings is 2. The molecule has 0 saturated carbocycles. The molecule has 1 fully saturated rings. The van der Waals surface area contributed by atoms with Crippen LogP contribution in [0.5, 0.6) is 5.75 Å². The van der Waals surface area contributed by atoms with Gasteiger partial charge in [0.2, 0.25) is 0 Å². The van der Waals surface area contributed by atoms with E-state index in [9.17, 15) is 23.1 Å². The molecular weight excluding hydrogens is 697 g/mol. The number of aromatic nitrogens is 3. The predicted octanol–water partition coefficient (Wildman–Crippen LogP) is 3.63. The Bertz CT molecular complexity index is 2440. The zero-order chi connectivity index (χ0) is 36.9. The molecule has 272 valence electrons. The first-order valence-electron chi connectivity index (χ1n) is 17.5. The van der Waals surface area contributed by atoms with Crippen molar-refractivity contribution >= 4 is 32.7 Å². The number of para-hydroxylation sites is 1. The van der Waals surface area contributed by atoms with Crippen LogP contribution in [0.25, 0.3) is 22.3 Å². The molecule has 3 aromatic heterocycles. The Balaban J connectivity index is 1.10. The van der Waals surface area contributed by atoms with Crippen LogP contribution in [0.15, 0.2) is 93.2 Å². The molecule has 14 heteroatoms. The molecule has 6 heterocycles. The lowest BCUT2D eigenvalue weighted by Gasteiger charge is -2.37. The second kappa shape index (κ2) is 13.5. The Morgan fingerprint density at radius 1 is 1.02 bits per heavy atom. The standard InChI is InChI=1S/C39H38N6O7S/c1-3-39(48)32-20-34-36-30(23-45(34)37(46)31(32)24-52-38(39)47)29(28-8-4-5-9-33(28)41-36)22-43-15-17-44(18-16-43)35(19-25-10-12-26(51-2)13-11-25)42-53(49,50)27-7-6-14-40-21-27/h4-14,20-21,48H,3,15-19,22-24H2,1-2H3/b42-35-/t39-/m0/s1. The first-order chi connectivity index (χ1) is 25.6. The summed E-state index contributed by atoms with van der Waals surface area (Å²) < 4.78 is 43.5. The molecule has 2 aromatic carbocycles. The van der Waals surface area contributed by atoms with Crippen molar-refractivity contribution in [3.8, 4) is 17.1 Å². The average Bonchev–Trinajstić information content (AvgIpc) is 3.55. The average molecular weight is 735 g/mol. The van der Waals surface area contributed by atoms with Gasteiger partial charge in [-0.2, -0.15) is 8.42 Å². The van der Waals surface area contributed by atoms with Gasteiger partial charge in [0.1, 0.15) is 23.1 Å². The first-order valence-corrected chi connectivity index (χ1v) is 19.0. The Labute approximate surface area is 306 Å². The largest absolute Gasteiger partial charge is 0.497 e. The molecule has 0 unspecified atom stereocenters. The van der Waals surface area contributed by atoms with E-state index in [-0.39, 0.29) is 34.6 Å². The van der Waals surface area contributed by atoms with Crippen LogP contribution >= 0.6 is 0 Å². The summed E-state index contributed by atoms with van der Waals surface area (Å²) in [6.45, 7) is 4.71. The Hall–Kier alpha value is -5.44. The van der Waals surface area contributed by atoms with Crippen molar-refractivity contribution in [3.63, 3.8) is 0 Å². The number of aliphatic hydroxyl groups is 1. The van der Waals surface area contributed by atoms with E-state index in [0.29, 0.717) is 68.7 Å². The third-order valence-corrected chi connectivity index (χ3v) is 11.8. The number of methoxy groups -OCH3 is 1. The molecular formula is C39H38N6O7S. The molecule has 53 heavy (non-hydrogen) atoms. The zero-order valence-electron chi connectivity index (χ0n) is 29.4. The Morgan fingerprint density at radius 3 is 2.51 bits per heavy atom. The topological polar surface area (TPSA) is 157 Å². The number of rotatable bonds is 8. The molecule has 0 spiro atoms. The van der Waals surface area contributed by atoms with Crippen LogP contribution in [-0.4, -0.2) is 83.0 Å². The van der Waals surface area contributed by atoms with Gasteiger partial charge in [-0.15, -0.1) is 4.40 Å². The number of esters is 1. The number of nitrogens with zero attached hydrogens (tertiary/aromatic N) is 6. The maximum Gasteiger partial charge on any atom is 0.343 e. The fourth-order valence-corrected chi connectivity index (χ4v) is 8.51. The van der Waals surface area contributed by atoms with E-state index in [1.165, 1.54) is 18.5 Å². The van der Waals surface area contributed by atoms with E-state index in [1.54, 1.807) is 30.7 Å². The highest BCUT2D eigenvalue weighted by Gasteiger charge is 2.45. The van der Waals surface area contributed by atoms with E-state index >= 15 is 0 Å². The van der Waals surface area contributed by atoms with Crippen molar-refractivity contribution in [2.75, 3.05) is 33.3 Å². The van der Waals surface area contributed by atoms with Crippen LogP contribution < -0.4 is 10.3 Å². The second-order valence-electron chi connectivity index (χ2n) is 13.5. The number of carbonyl (C=O) groups is 1. The highest BCUT2D eigenvalue weighted by molar-refractivity contribution is 7.90. The minimum Gasteiger partial charge on any atom is -0.497 e. The number of fused-ring (bicyclic) bond motifs is 5. The van der Waals surface area contributed by atoms with Gasteiger partial charge in [-0.25, -0.2) is 9.78 Å². The van der Waals surface area contributed by atoms with Gasteiger partial charge in [0.05, 0.1) is 36.1 Å². The smallest absolute Gasteiger partial charge is 0.343 e. The van der Waals surface area contributed by atoms with E-state index in [0.717, 1.165) is 27.6 Å². The van der Waals surface area contributed by atoms with E-state index in [2.05, 4.69) is 14.3 Å². The monoisotopic (exact) mass is 734 g/mol. The number of hydrogen-bond acceptors (Lipinski definition) is 10. The van der Waals surface area contributed by atoms with Crippen molar-refractivity contribution in [2.24, 2.45) is 4.40 Å². The lowest BCUT2D eigenvalue weighted by atomic mass is 9.86. The van der Waals surface area contributed by atoms with Gasteiger partial charge in [-0.1, -0.05) is 37.3 Å². The molecule has 0 aliphatic carbocycles. The first kappa shape index (κ1) is 34.6. The van der Waals surface area contributed by atoms with Gasteiger partial charge in [0, 0.05) is 68.1 Å². The summed E-state index contributed by atoms with van der Waals surface area (Å²) in [5, 5.41) is 12.3. The second-order valence-corrected chi connectivity index (χ2v) is 15.1.